The molecule has 2 saturated carbocycles. The minimum absolute atomic E-state index is 0.231. The van der Waals surface area contributed by atoms with Crippen LogP contribution >= 0.6 is 0 Å². The lowest BCUT2D eigenvalue weighted by Gasteiger charge is -1.96. The van der Waals surface area contributed by atoms with Gasteiger partial charge in [-0.15, -0.1) is 0 Å². The number of hydrogen-bond acceptors (Lipinski definition) is 1. The van der Waals surface area contributed by atoms with Crippen LogP contribution in [0.25, 0.3) is 0 Å². The van der Waals surface area contributed by atoms with E-state index >= 15 is 0 Å². The number of alkyl halides is 2. The van der Waals surface area contributed by atoms with Crippen molar-refractivity contribution < 1.29 is 13.6 Å². The number of carbonyl (C=O) groups excluding carboxylic acids is 1. The molecular formula is C6H6F2O. The van der Waals surface area contributed by atoms with Gasteiger partial charge in [0.25, 0.3) is 5.92 Å². The molecule has 1 nitrogen and oxygen atoms in total. The molecule has 0 saturated heterocycles. The van der Waals surface area contributed by atoms with Gasteiger partial charge < -0.3 is 0 Å². The van der Waals surface area contributed by atoms with Gasteiger partial charge in [-0.1, -0.05) is 0 Å². The molecule has 3 heteroatoms. The number of ketones is 1. The molecule has 2 fully saturated rings. The summed E-state index contributed by atoms with van der Waals surface area (Å²) in [5.41, 5.74) is 0. The van der Waals surface area contributed by atoms with Crippen LogP contribution in [0.1, 0.15) is 12.8 Å². The van der Waals surface area contributed by atoms with Crippen LogP contribution in [0.4, 0.5) is 8.78 Å². The molecule has 2 aliphatic rings. The average Bonchev–Trinajstić information content (AvgIpc) is 2.19. The smallest absolute Gasteiger partial charge is 0.261 e. The summed E-state index contributed by atoms with van der Waals surface area (Å²) in [6, 6.07) is 0. The minimum atomic E-state index is -2.62. The van der Waals surface area contributed by atoms with Crippen molar-refractivity contribution in [1.29, 1.82) is 0 Å². The fourth-order valence-electron chi connectivity index (χ4n) is 1.64. The summed E-state index contributed by atoms with van der Waals surface area (Å²) in [6.07, 6.45) is 0.793. The van der Waals surface area contributed by atoms with Crippen molar-refractivity contribution in [2.75, 3.05) is 0 Å². The van der Waals surface area contributed by atoms with Crippen LogP contribution in [-0.4, -0.2) is 11.7 Å². The van der Waals surface area contributed by atoms with E-state index in [1.54, 1.807) is 0 Å². The van der Waals surface area contributed by atoms with E-state index in [2.05, 4.69) is 0 Å². The molecule has 0 N–H and O–H groups in total. The maximum Gasteiger partial charge on any atom is 0.261 e. The van der Waals surface area contributed by atoms with Crippen molar-refractivity contribution in [2.45, 2.75) is 18.8 Å². The van der Waals surface area contributed by atoms with E-state index in [1.165, 1.54) is 0 Å². The van der Waals surface area contributed by atoms with Crippen molar-refractivity contribution in [2.24, 2.45) is 11.8 Å². The summed E-state index contributed by atoms with van der Waals surface area (Å²) < 4.78 is 24.5. The van der Waals surface area contributed by atoms with Crippen molar-refractivity contribution in [3.63, 3.8) is 0 Å². The van der Waals surface area contributed by atoms with Crippen molar-refractivity contribution in [1.82, 2.24) is 0 Å². The van der Waals surface area contributed by atoms with E-state index in [4.69, 9.17) is 0 Å². The fourth-order valence-corrected chi connectivity index (χ4v) is 1.64. The van der Waals surface area contributed by atoms with E-state index in [9.17, 15) is 13.6 Å². The van der Waals surface area contributed by atoms with Crippen LogP contribution in [0.15, 0.2) is 0 Å². The molecule has 50 valence electrons. The minimum Gasteiger partial charge on any atom is -0.299 e. The summed E-state index contributed by atoms with van der Waals surface area (Å²) in [7, 11) is 0. The van der Waals surface area contributed by atoms with Gasteiger partial charge in [0, 0.05) is 12.3 Å². The van der Waals surface area contributed by atoms with E-state index in [0.29, 0.717) is 12.8 Å². The van der Waals surface area contributed by atoms with Gasteiger partial charge in [0.05, 0.1) is 5.92 Å². The van der Waals surface area contributed by atoms with Crippen LogP contribution in [0.3, 0.4) is 0 Å². The second-order valence-electron chi connectivity index (χ2n) is 2.76. The van der Waals surface area contributed by atoms with Crippen LogP contribution in [0.2, 0.25) is 0 Å². The van der Waals surface area contributed by atoms with Crippen LogP contribution in [0, 0.1) is 11.8 Å². The summed E-state index contributed by atoms with van der Waals surface area (Å²) in [5.74, 6) is -4.30. The molecule has 0 aromatic heterocycles. The van der Waals surface area contributed by atoms with Crippen LogP contribution < -0.4 is 0 Å². The largest absolute Gasteiger partial charge is 0.299 e. The Morgan fingerprint density at radius 3 is 2.44 bits per heavy atom. The molecule has 0 aliphatic heterocycles. The van der Waals surface area contributed by atoms with Gasteiger partial charge in [-0.05, 0) is 6.42 Å². The lowest BCUT2D eigenvalue weighted by atomic mass is 10.2. The average molecular weight is 132 g/mol. The topological polar surface area (TPSA) is 17.1 Å². The molecule has 9 heavy (non-hydrogen) atoms. The zero-order valence-corrected chi connectivity index (χ0v) is 4.73. The predicted octanol–water partition coefficient (Wildman–Crippen LogP) is 1.23. The third-order valence-electron chi connectivity index (χ3n) is 2.25. The highest BCUT2D eigenvalue weighted by Crippen LogP contribution is 2.62. The zero-order chi connectivity index (χ0) is 6.65. The standard InChI is InChI=1S/C6H6F2O/c7-6(8)3-1-2-4(9)5(3)6/h3,5H,1-2H2. The molecule has 0 aromatic carbocycles. The van der Waals surface area contributed by atoms with Gasteiger partial charge in [0.1, 0.15) is 5.78 Å². The van der Waals surface area contributed by atoms with Gasteiger partial charge in [-0.3, -0.25) is 4.79 Å². The number of carbonyl (C=O) groups is 1. The van der Waals surface area contributed by atoms with Crippen LogP contribution in [0.5, 0.6) is 0 Å². The Hall–Kier alpha value is -0.470. The molecule has 0 spiro atoms. The highest BCUT2D eigenvalue weighted by Gasteiger charge is 2.73. The van der Waals surface area contributed by atoms with Gasteiger partial charge in [-0.25, -0.2) is 8.78 Å². The molecule has 2 aliphatic carbocycles. The van der Waals surface area contributed by atoms with E-state index < -0.39 is 17.8 Å². The number of fused-ring (bicyclic) bond motifs is 1. The number of halogens is 2. The Kier molecular flexibility index (Phi) is 0.695. The molecular weight excluding hydrogens is 126 g/mol. The Balaban J connectivity index is 2.23. The highest BCUT2D eigenvalue weighted by atomic mass is 19.3. The third-order valence-corrected chi connectivity index (χ3v) is 2.25. The molecule has 0 amide bonds. The second kappa shape index (κ2) is 1.18. The molecule has 0 radical (unpaired) electrons. The Morgan fingerprint density at radius 1 is 1.56 bits per heavy atom. The number of Topliss-reactive ketones (excluding diaryl/α,β-unsaturated/α-hetero) is 1. The first kappa shape index (κ1) is 5.33. The number of hydrogen-bond donors (Lipinski definition) is 0. The van der Waals surface area contributed by atoms with Crippen molar-refractivity contribution >= 4 is 5.78 Å². The number of rotatable bonds is 0. The Morgan fingerprint density at radius 2 is 2.22 bits per heavy atom. The van der Waals surface area contributed by atoms with Gasteiger partial charge >= 0.3 is 0 Å². The monoisotopic (exact) mass is 132 g/mol. The predicted molar refractivity (Wildman–Crippen MR) is 26.2 cm³/mol. The second-order valence-corrected chi connectivity index (χ2v) is 2.76. The lowest BCUT2D eigenvalue weighted by molar-refractivity contribution is -0.121. The Bertz CT molecular complexity index is 176. The summed E-state index contributed by atoms with van der Waals surface area (Å²) in [5, 5.41) is 0. The third kappa shape index (κ3) is 0.454. The summed E-state index contributed by atoms with van der Waals surface area (Å²) in [4.78, 5) is 10.6. The van der Waals surface area contributed by atoms with E-state index in [0.717, 1.165) is 0 Å². The van der Waals surface area contributed by atoms with Crippen LogP contribution in [-0.2, 0) is 4.79 Å². The van der Waals surface area contributed by atoms with Gasteiger partial charge in [0.15, 0.2) is 0 Å². The summed E-state index contributed by atoms with van der Waals surface area (Å²) >= 11 is 0. The molecule has 2 unspecified atom stereocenters. The first-order valence-corrected chi connectivity index (χ1v) is 3.04. The maximum absolute atomic E-state index is 12.3. The maximum atomic E-state index is 12.3. The highest BCUT2D eigenvalue weighted by molar-refractivity contribution is 5.88. The summed E-state index contributed by atoms with van der Waals surface area (Å²) in [6.45, 7) is 0. The van der Waals surface area contributed by atoms with Gasteiger partial charge in [-0.2, -0.15) is 0 Å². The molecule has 0 heterocycles. The first-order valence-electron chi connectivity index (χ1n) is 3.04. The molecule has 2 rings (SSSR count). The Labute approximate surface area is 51.0 Å². The zero-order valence-electron chi connectivity index (χ0n) is 4.73. The quantitative estimate of drug-likeness (QED) is 0.484. The SMILES string of the molecule is O=C1CCC2C1C2(F)F. The van der Waals surface area contributed by atoms with Gasteiger partial charge in [0.2, 0.25) is 0 Å². The van der Waals surface area contributed by atoms with Crippen molar-refractivity contribution in [3.05, 3.63) is 0 Å². The first-order chi connectivity index (χ1) is 4.14. The molecule has 2 atom stereocenters. The normalized spacial score (nSPS) is 44.9. The molecule has 0 bridgehead atoms. The molecule has 0 aromatic rings. The van der Waals surface area contributed by atoms with E-state index in [1.807, 2.05) is 0 Å². The lowest BCUT2D eigenvalue weighted by Crippen LogP contribution is -2.07. The fraction of sp³-hybridized carbons (Fsp3) is 0.833. The van der Waals surface area contributed by atoms with E-state index in [-0.39, 0.29) is 5.78 Å². The van der Waals surface area contributed by atoms with Crippen molar-refractivity contribution in [3.8, 4) is 0 Å².